The monoisotopic (exact) mass is 196 g/mol. The Hall–Kier alpha value is -0.410. The van der Waals surface area contributed by atoms with Crippen LogP contribution >= 0.6 is 11.3 Å². The van der Waals surface area contributed by atoms with Crippen molar-refractivity contribution in [3.05, 3.63) is 16.6 Å². The zero-order valence-electron chi connectivity index (χ0n) is 8.21. The first-order valence-electron chi connectivity index (χ1n) is 4.76. The predicted molar refractivity (Wildman–Crippen MR) is 55.7 cm³/mol. The Balaban J connectivity index is 1.66. The molecule has 72 valence electrons. The number of aromatic nitrogens is 1. The summed E-state index contributed by atoms with van der Waals surface area (Å²) in [6.45, 7) is 6.82. The molecule has 1 N–H and O–H groups in total. The summed E-state index contributed by atoms with van der Waals surface area (Å²) in [5.41, 5.74) is 2.48. The van der Waals surface area contributed by atoms with Gasteiger partial charge in [0.1, 0.15) is 0 Å². The van der Waals surface area contributed by atoms with Crippen molar-refractivity contribution < 1.29 is 0 Å². The van der Waals surface area contributed by atoms with Crippen LogP contribution in [0.25, 0.3) is 0 Å². The average molecular weight is 196 g/mol. The van der Waals surface area contributed by atoms with E-state index in [1.165, 1.54) is 11.3 Å². The molecule has 1 atom stereocenters. The second-order valence-electron chi connectivity index (χ2n) is 4.49. The molecule has 2 nitrogen and oxygen atoms in total. The summed E-state index contributed by atoms with van der Waals surface area (Å²) in [6, 6.07) is 0. The van der Waals surface area contributed by atoms with Gasteiger partial charge in [-0.2, -0.15) is 0 Å². The van der Waals surface area contributed by atoms with Gasteiger partial charge in [0.15, 0.2) is 0 Å². The van der Waals surface area contributed by atoms with E-state index in [1.54, 1.807) is 11.3 Å². The van der Waals surface area contributed by atoms with Gasteiger partial charge >= 0.3 is 0 Å². The van der Waals surface area contributed by atoms with E-state index in [0.29, 0.717) is 5.41 Å². The van der Waals surface area contributed by atoms with E-state index in [9.17, 15) is 0 Å². The van der Waals surface area contributed by atoms with Crippen molar-refractivity contribution in [1.82, 2.24) is 10.3 Å². The van der Waals surface area contributed by atoms with Crippen molar-refractivity contribution in [1.29, 1.82) is 0 Å². The SMILES string of the molecule is CC1(C)CC1CNCc1cncs1. The van der Waals surface area contributed by atoms with Gasteiger partial charge in [-0.25, -0.2) is 0 Å². The summed E-state index contributed by atoms with van der Waals surface area (Å²) in [6.07, 6.45) is 3.32. The molecule has 1 aliphatic rings. The van der Waals surface area contributed by atoms with Gasteiger partial charge < -0.3 is 5.32 Å². The van der Waals surface area contributed by atoms with Gasteiger partial charge in [0.05, 0.1) is 5.51 Å². The highest BCUT2D eigenvalue weighted by Gasteiger charge is 2.44. The Morgan fingerprint density at radius 3 is 3.00 bits per heavy atom. The molecule has 0 aromatic carbocycles. The van der Waals surface area contributed by atoms with Gasteiger partial charge in [-0.1, -0.05) is 13.8 Å². The maximum atomic E-state index is 4.04. The maximum Gasteiger partial charge on any atom is 0.0794 e. The third kappa shape index (κ3) is 2.29. The zero-order chi connectivity index (χ0) is 9.31. The Morgan fingerprint density at radius 2 is 2.46 bits per heavy atom. The van der Waals surface area contributed by atoms with Crippen LogP contribution < -0.4 is 5.32 Å². The van der Waals surface area contributed by atoms with Crippen molar-refractivity contribution in [2.45, 2.75) is 26.8 Å². The van der Waals surface area contributed by atoms with Crippen LogP contribution in [0.2, 0.25) is 0 Å². The first-order chi connectivity index (χ1) is 6.18. The largest absolute Gasteiger partial charge is 0.312 e. The van der Waals surface area contributed by atoms with Crippen LogP contribution in [0.3, 0.4) is 0 Å². The van der Waals surface area contributed by atoms with Gasteiger partial charge in [0, 0.05) is 17.6 Å². The van der Waals surface area contributed by atoms with E-state index >= 15 is 0 Å². The minimum atomic E-state index is 0.598. The van der Waals surface area contributed by atoms with Crippen LogP contribution in [0, 0.1) is 11.3 Å². The molecular formula is C10H16N2S. The fourth-order valence-electron chi connectivity index (χ4n) is 1.62. The number of nitrogens with zero attached hydrogens (tertiary/aromatic N) is 1. The molecule has 0 aliphatic heterocycles. The van der Waals surface area contributed by atoms with Gasteiger partial charge in [0.25, 0.3) is 0 Å². The third-order valence-electron chi connectivity index (χ3n) is 2.89. The van der Waals surface area contributed by atoms with Crippen LogP contribution in [0.1, 0.15) is 25.1 Å². The van der Waals surface area contributed by atoms with Gasteiger partial charge in [-0.05, 0) is 24.3 Å². The van der Waals surface area contributed by atoms with Crippen LogP contribution in [-0.2, 0) is 6.54 Å². The van der Waals surface area contributed by atoms with E-state index in [-0.39, 0.29) is 0 Å². The van der Waals surface area contributed by atoms with Crippen molar-refractivity contribution in [2.75, 3.05) is 6.54 Å². The predicted octanol–water partition coefficient (Wildman–Crippen LogP) is 2.28. The minimum absolute atomic E-state index is 0.598. The lowest BCUT2D eigenvalue weighted by atomic mass is 10.1. The van der Waals surface area contributed by atoms with Crippen molar-refractivity contribution in [3.63, 3.8) is 0 Å². The Kier molecular flexibility index (Phi) is 2.39. The molecule has 1 saturated carbocycles. The lowest BCUT2D eigenvalue weighted by molar-refractivity contribution is 0.521. The fraction of sp³-hybridized carbons (Fsp3) is 0.700. The molecule has 0 bridgehead atoms. The van der Waals surface area contributed by atoms with E-state index in [4.69, 9.17) is 0 Å². The molecule has 1 unspecified atom stereocenters. The van der Waals surface area contributed by atoms with Gasteiger partial charge in [-0.3, -0.25) is 4.98 Å². The summed E-state index contributed by atoms with van der Waals surface area (Å²) in [7, 11) is 0. The molecule has 1 aromatic heterocycles. The van der Waals surface area contributed by atoms with E-state index < -0.39 is 0 Å². The Bertz CT molecular complexity index is 266. The molecular weight excluding hydrogens is 180 g/mol. The molecule has 13 heavy (non-hydrogen) atoms. The van der Waals surface area contributed by atoms with E-state index in [0.717, 1.165) is 19.0 Å². The molecule has 1 fully saturated rings. The number of thiazole rings is 1. The fourth-order valence-corrected chi connectivity index (χ4v) is 2.19. The van der Waals surface area contributed by atoms with Gasteiger partial charge in [-0.15, -0.1) is 11.3 Å². The standard InChI is InChI=1S/C10H16N2S/c1-10(2)3-8(10)4-11-5-9-6-12-7-13-9/h6-8,11H,3-5H2,1-2H3. The highest BCUT2D eigenvalue weighted by atomic mass is 32.1. The third-order valence-corrected chi connectivity index (χ3v) is 3.67. The zero-order valence-corrected chi connectivity index (χ0v) is 9.03. The van der Waals surface area contributed by atoms with Crippen LogP contribution in [0.5, 0.6) is 0 Å². The normalized spacial score (nSPS) is 24.6. The molecule has 3 heteroatoms. The van der Waals surface area contributed by atoms with Crippen molar-refractivity contribution >= 4 is 11.3 Å². The van der Waals surface area contributed by atoms with E-state index in [1.807, 2.05) is 11.7 Å². The summed E-state index contributed by atoms with van der Waals surface area (Å²) in [5.74, 6) is 0.889. The molecule has 0 radical (unpaired) electrons. The van der Waals surface area contributed by atoms with Crippen LogP contribution in [-0.4, -0.2) is 11.5 Å². The second-order valence-corrected chi connectivity index (χ2v) is 5.46. The lowest BCUT2D eigenvalue weighted by Gasteiger charge is -2.04. The average Bonchev–Trinajstić information content (AvgIpc) is 2.53. The maximum absolute atomic E-state index is 4.04. The quantitative estimate of drug-likeness (QED) is 0.799. The first kappa shape index (κ1) is 9.16. The highest BCUT2D eigenvalue weighted by Crippen LogP contribution is 2.50. The minimum Gasteiger partial charge on any atom is -0.312 e. The highest BCUT2D eigenvalue weighted by molar-refractivity contribution is 7.09. The second kappa shape index (κ2) is 3.39. The summed E-state index contributed by atoms with van der Waals surface area (Å²) >= 11 is 1.72. The molecule has 2 rings (SSSR count). The van der Waals surface area contributed by atoms with Crippen LogP contribution in [0.15, 0.2) is 11.7 Å². The first-order valence-corrected chi connectivity index (χ1v) is 5.64. The van der Waals surface area contributed by atoms with Crippen molar-refractivity contribution in [3.8, 4) is 0 Å². The van der Waals surface area contributed by atoms with Crippen molar-refractivity contribution in [2.24, 2.45) is 11.3 Å². The Labute approximate surface area is 83.4 Å². The summed E-state index contributed by atoms with van der Waals surface area (Å²) in [5, 5.41) is 3.48. The molecule has 1 aromatic rings. The Morgan fingerprint density at radius 1 is 1.69 bits per heavy atom. The summed E-state index contributed by atoms with van der Waals surface area (Å²) < 4.78 is 0. The number of hydrogen-bond acceptors (Lipinski definition) is 3. The van der Waals surface area contributed by atoms with Crippen LogP contribution in [0.4, 0.5) is 0 Å². The topological polar surface area (TPSA) is 24.9 Å². The number of nitrogens with one attached hydrogen (secondary N) is 1. The number of rotatable bonds is 4. The molecule has 1 aliphatic carbocycles. The molecule has 0 saturated heterocycles. The summed E-state index contributed by atoms with van der Waals surface area (Å²) in [4.78, 5) is 5.37. The van der Waals surface area contributed by atoms with E-state index in [2.05, 4.69) is 24.1 Å². The molecule has 0 spiro atoms. The smallest absolute Gasteiger partial charge is 0.0794 e. The number of hydrogen-bond donors (Lipinski definition) is 1. The molecule has 1 heterocycles. The van der Waals surface area contributed by atoms with Gasteiger partial charge in [0.2, 0.25) is 0 Å². The lowest BCUT2D eigenvalue weighted by Crippen LogP contribution is -2.17. The molecule has 0 amide bonds.